The molecule has 0 aromatic heterocycles. The minimum Gasteiger partial charge on any atom is -0.317 e. The van der Waals surface area contributed by atoms with E-state index in [1.165, 1.54) is 6.08 Å². The van der Waals surface area contributed by atoms with Gasteiger partial charge in [0.2, 0.25) is 0 Å². The molecule has 1 atom stereocenters. The van der Waals surface area contributed by atoms with Crippen LogP contribution >= 0.6 is 0 Å². The van der Waals surface area contributed by atoms with Gasteiger partial charge in [0.15, 0.2) is 0 Å². The van der Waals surface area contributed by atoms with E-state index in [4.69, 9.17) is 5.73 Å². The van der Waals surface area contributed by atoms with Crippen molar-refractivity contribution < 1.29 is 13.2 Å². The Balaban J connectivity index is 2.84. The van der Waals surface area contributed by atoms with Gasteiger partial charge in [-0.15, -0.1) is 0 Å². The van der Waals surface area contributed by atoms with Crippen molar-refractivity contribution in [2.24, 2.45) is 5.73 Å². The van der Waals surface area contributed by atoms with Crippen molar-refractivity contribution in [3.8, 4) is 0 Å². The monoisotopic (exact) mass is 243 g/mol. The van der Waals surface area contributed by atoms with Crippen LogP contribution in [0.2, 0.25) is 0 Å². The Bertz CT molecular complexity index is 382. The van der Waals surface area contributed by atoms with Gasteiger partial charge in [0.1, 0.15) is 6.04 Å². The molecule has 1 rings (SSSR count). The zero-order valence-electron chi connectivity index (χ0n) is 9.67. The first-order valence-corrected chi connectivity index (χ1v) is 5.53. The maximum atomic E-state index is 12.2. The molecule has 0 spiro atoms. The maximum Gasteiger partial charge on any atom is 0.407 e. The summed E-state index contributed by atoms with van der Waals surface area (Å²) in [6.07, 6.45) is -0.133. The molecular weight excluding hydrogens is 227 g/mol. The van der Waals surface area contributed by atoms with Gasteiger partial charge in [0, 0.05) is 0 Å². The molecule has 0 saturated carbocycles. The molecule has 1 aromatic rings. The largest absolute Gasteiger partial charge is 0.407 e. The van der Waals surface area contributed by atoms with Gasteiger partial charge in [-0.1, -0.05) is 49.8 Å². The van der Waals surface area contributed by atoms with Crippen LogP contribution in [-0.2, 0) is 6.42 Å². The molecule has 0 bridgehead atoms. The minimum atomic E-state index is -4.38. The van der Waals surface area contributed by atoms with Crippen LogP contribution in [0.25, 0.3) is 6.08 Å². The smallest absolute Gasteiger partial charge is 0.317 e. The van der Waals surface area contributed by atoms with Crippen LogP contribution < -0.4 is 5.73 Å². The Kier molecular flexibility index (Phi) is 4.75. The zero-order chi connectivity index (χ0) is 12.9. The maximum absolute atomic E-state index is 12.2. The van der Waals surface area contributed by atoms with Crippen molar-refractivity contribution in [1.29, 1.82) is 0 Å². The number of hydrogen-bond donors (Lipinski definition) is 1. The predicted octanol–water partition coefficient (Wildman–Crippen LogP) is 3.54. The molecule has 0 unspecified atom stereocenters. The lowest BCUT2D eigenvalue weighted by atomic mass is 10.0. The molecule has 94 valence electrons. The third-order valence-corrected chi connectivity index (χ3v) is 2.44. The van der Waals surface area contributed by atoms with Gasteiger partial charge in [-0.2, -0.15) is 13.2 Å². The fourth-order valence-electron chi connectivity index (χ4n) is 1.51. The molecule has 1 aromatic carbocycles. The van der Waals surface area contributed by atoms with Crippen LogP contribution in [-0.4, -0.2) is 12.2 Å². The Morgan fingerprint density at radius 3 is 2.53 bits per heavy atom. The lowest BCUT2D eigenvalue weighted by Gasteiger charge is -2.11. The van der Waals surface area contributed by atoms with Gasteiger partial charge >= 0.3 is 6.18 Å². The van der Waals surface area contributed by atoms with Crippen molar-refractivity contribution in [3.05, 3.63) is 41.5 Å². The van der Waals surface area contributed by atoms with Crippen LogP contribution in [0.4, 0.5) is 13.2 Å². The Morgan fingerprint density at radius 1 is 1.29 bits per heavy atom. The number of aryl methyl sites for hydroxylation is 1. The molecule has 4 heteroatoms. The topological polar surface area (TPSA) is 26.0 Å². The average molecular weight is 243 g/mol. The van der Waals surface area contributed by atoms with Gasteiger partial charge in [0.05, 0.1) is 0 Å². The van der Waals surface area contributed by atoms with Gasteiger partial charge in [-0.3, -0.25) is 0 Å². The van der Waals surface area contributed by atoms with Gasteiger partial charge in [0.25, 0.3) is 0 Å². The highest BCUT2D eigenvalue weighted by molar-refractivity contribution is 5.54. The van der Waals surface area contributed by atoms with Crippen LogP contribution in [0, 0.1) is 0 Å². The molecular formula is C13H16F3N. The number of rotatable bonds is 4. The van der Waals surface area contributed by atoms with Crippen molar-refractivity contribution in [2.45, 2.75) is 32.0 Å². The van der Waals surface area contributed by atoms with Crippen LogP contribution in [0.1, 0.15) is 24.5 Å². The quantitative estimate of drug-likeness (QED) is 0.860. The molecule has 1 nitrogen and oxygen atoms in total. The number of alkyl halides is 3. The molecule has 0 aliphatic carbocycles. The lowest BCUT2D eigenvalue weighted by Crippen LogP contribution is -2.35. The standard InChI is InChI=1S/C13H16F3N/c1-2-5-10-6-3-4-7-11(10)8-9-12(17)13(14,15)16/h3-4,6-9,12H,2,5,17H2,1H3/t12-/m0/s1. The number of halogens is 3. The first kappa shape index (κ1) is 13.8. The summed E-state index contributed by atoms with van der Waals surface area (Å²) in [7, 11) is 0. The summed E-state index contributed by atoms with van der Waals surface area (Å²) in [5, 5.41) is 0. The summed E-state index contributed by atoms with van der Waals surface area (Å²) in [5.74, 6) is 0. The molecule has 0 heterocycles. The second-order valence-electron chi connectivity index (χ2n) is 3.88. The zero-order valence-corrected chi connectivity index (χ0v) is 9.67. The molecule has 0 radical (unpaired) electrons. The minimum absolute atomic E-state index is 0.800. The highest BCUT2D eigenvalue weighted by Gasteiger charge is 2.34. The van der Waals surface area contributed by atoms with Gasteiger partial charge in [-0.05, 0) is 17.5 Å². The molecule has 17 heavy (non-hydrogen) atoms. The first-order chi connectivity index (χ1) is 7.95. The summed E-state index contributed by atoms with van der Waals surface area (Å²) in [6.45, 7) is 2.03. The molecule has 0 fully saturated rings. The van der Waals surface area contributed by atoms with E-state index in [2.05, 4.69) is 0 Å². The molecule has 0 amide bonds. The number of hydrogen-bond acceptors (Lipinski definition) is 1. The molecule has 0 saturated heterocycles. The fraction of sp³-hybridized carbons (Fsp3) is 0.385. The van der Waals surface area contributed by atoms with Crippen LogP contribution in [0.15, 0.2) is 30.3 Å². The second-order valence-corrected chi connectivity index (χ2v) is 3.88. The van der Waals surface area contributed by atoms with E-state index in [9.17, 15) is 13.2 Å². The summed E-state index contributed by atoms with van der Waals surface area (Å²) in [6, 6.07) is 5.49. The molecule has 0 aliphatic heterocycles. The summed E-state index contributed by atoms with van der Waals surface area (Å²) in [5.41, 5.74) is 6.85. The van der Waals surface area contributed by atoms with Crippen molar-refractivity contribution in [1.82, 2.24) is 0 Å². The first-order valence-electron chi connectivity index (χ1n) is 5.53. The highest BCUT2D eigenvalue weighted by Crippen LogP contribution is 2.20. The Labute approximate surface area is 99.1 Å². The molecule has 2 N–H and O–H groups in total. The third kappa shape index (κ3) is 4.23. The van der Waals surface area contributed by atoms with E-state index in [0.717, 1.165) is 30.0 Å². The van der Waals surface area contributed by atoms with E-state index in [1.54, 1.807) is 12.1 Å². The average Bonchev–Trinajstić information content (AvgIpc) is 2.26. The van der Waals surface area contributed by atoms with Crippen molar-refractivity contribution in [2.75, 3.05) is 0 Å². The van der Waals surface area contributed by atoms with Gasteiger partial charge < -0.3 is 5.73 Å². The predicted molar refractivity (Wildman–Crippen MR) is 63.5 cm³/mol. The van der Waals surface area contributed by atoms with E-state index >= 15 is 0 Å². The van der Waals surface area contributed by atoms with E-state index in [1.807, 2.05) is 19.1 Å². The Hall–Kier alpha value is -1.29. The normalized spacial score (nSPS) is 14.2. The van der Waals surface area contributed by atoms with E-state index in [-0.39, 0.29) is 0 Å². The second kappa shape index (κ2) is 5.87. The number of nitrogens with two attached hydrogens (primary N) is 1. The summed E-state index contributed by atoms with van der Waals surface area (Å²) in [4.78, 5) is 0. The summed E-state index contributed by atoms with van der Waals surface area (Å²) >= 11 is 0. The van der Waals surface area contributed by atoms with E-state index < -0.39 is 12.2 Å². The molecule has 0 aliphatic rings. The fourth-order valence-corrected chi connectivity index (χ4v) is 1.51. The number of benzene rings is 1. The SMILES string of the molecule is CCCc1ccccc1C=C[C@H](N)C(F)(F)F. The summed E-state index contributed by atoms with van der Waals surface area (Å²) < 4.78 is 36.7. The third-order valence-electron chi connectivity index (χ3n) is 2.44. The van der Waals surface area contributed by atoms with E-state index in [0.29, 0.717) is 0 Å². The lowest BCUT2D eigenvalue weighted by molar-refractivity contribution is -0.136. The van der Waals surface area contributed by atoms with Crippen molar-refractivity contribution in [3.63, 3.8) is 0 Å². The Morgan fingerprint density at radius 2 is 1.94 bits per heavy atom. The van der Waals surface area contributed by atoms with Gasteiger partial charge in [-0.25, -0.2) is 0 Å². The van der Waals surface area contributed by atoms with Crippen molar-refractivity contribution >= 4 is 6.08 Å². The highest BCUT2D eigenvalue weighted by atomic mass is 19.4. The van der Waals surface area contributed by atoms with Crippen LogP contribution in [0.5, 0.6) is 0 Å². The van der Waals surface area contributed by atoms with Crippen LogP contribution in [0.3, 0.4) is 0 Å².